The molecule has 0 aromatic heterocycles. The van der Waals surface area contributed by atoms with Crippen molar-refractivity contribution in [3.63, 3.8) is 0 Å². The number of hydrogen-bond donors (Lipinski definition) is 1. The summed E-state index contributed by atoms with van der Waals surface area (Å²) >= 11 is 0. The Balaban J connectivity index is 0.00000147. The second-order valence-corrected chi connectivity index (χ2v) is 4.87. The third-order valence-electron chi connectivity index (χ3n) is 3.55. The minimum atomic E-state index is 0. The van der Waals surface area contributed by atoms with E-state index in [0.29, 0.717) is 0 Å². The molecule has 20 heavy (non-hydrogen) atoms. The summed E-state index contributed by atoms with van der Waals surface area (Å²) < 4.78 is 0. The summed E-state index contributed by atoms with van der Waals surface area (Å²) in [5.74, 6) is 0. The average Bonchev–Trinajstić information content (AvgIpc) is 2.48. The monoisotopic (exact) mass is 287 g/mol. The molecule has 0 spiro atoms. The molecule has 0 fully saturated rings. The van der Waals surface area contributed by atoms with Gasteiger partial charge in [-0.05, 0) is 18.4 Å². The van der Waals surface area contributed by atoms with Crippen LogP contribution < -0.4 is 0 Å². The maximum absolute atomic E-state index is 9.15. The fourth-order valence-electron chi connectivity index (χ4n) is 2.62. The van der Waals surface area contributed by atoms with Crippen LogP contribution in [0.25, 0.3) is 0 Å². The van der Waals surface area contributed by atoms with Crippen LogP contribution in [0.1, 0.15) is 23.1 Å². The first kappa shape index (κ1) is 14.8. The van der Waals surface area contributed by atoms with Gasteiger partial charge in [-0.25, -0.2) is 0 Å². The summed E-state index contributed by atoms with van der Waals surface area (Å²) in [7, 11) is 0. The molecule has 104 valence electrons. The van der Waals surface area contributed by atoms with Crippen molar-refractivity contribution in [3.05, 3.63) is 71.3 Å². The van der Waals surface area contributed by atoms with Crippen LogP contribution in [0, 0.1) is 0 Å². The van der Waals surface area contributed by atoms with Crippen LogP contribution in [0.4, 0.5) is 0 Å². The maximum Gasteiger partial charge on any atom is 0.0725 e. The summed E-state index contributed by atoms with van der Waals surface area (Å²) in [5, 5.41) is 9.15. The van der Waals surface area contributed by atoms with Crippen molar-refractivity contribution in [2.45, 2.75) is 18.9 Å². The first-order chi connectivity index (χ1) is 9.38. The van der Waals surface area contributed by atoms with E-state index in [0.717, 1.165) is 24.1 Å². The van der Waals surface area contributed by atoms with E-state index in [1.165, 1.54) is 11.1 Å². The molecule has 1 atom stereocenters. The largest absolute Gasteiger partial charge is 0.396 e. The van der Waals surface area contributed by atoms with E-state index in [4.69, 9.17) is 10.1 Å². The van der Waals surface area contributed by atoms with E-state index in [1.807, 2.05) is 18.2 Å². The van der Waals surface area contributed by atoms with Crippen LogP contribution in [0.5, 0.6) is 0 Å². The van der Waals surface area contributed by atoms with Crippen LogP contribution in [-0.4, -0.2) is 23.5 Å². The lowest BCUT2D eigenvalue weighted by atomic mass is 9.89. The number of aliphatic hydroxyl groups is 1. The average molecular weight is 288 g/mol. The van der Waals surface area contributed by atoms with Gasteiger partial charge >= 0.3 is 0 Å². The normalized spacial score (nSPS) is 16.9. The SMILES string of the molecule is Cl.OCCC1Cc2ccccc2C(c2ccccc2)=N1. The molecule has 1 N–H and O–H groups in total. The number of aliphatic hydroxyl groups excluding tert-OH is 1. The number of nitrogens with zero attached hydrogens (tertiary/aromatic N) is 1. The van der Waals surface area contributed by atoms with Crippen molar-refractivity contribution in [1.29, 1.82) is 0 Å². The number of benzene rings is 2. The molecule has 0 saturated heterocycles. The molecule has 2 nitrogen and oxygen atoms in total. The Morgan fingerprint density at radius 2 is 1.70 bits per heavy atom. The summed E-state index contributed by atoms with van der Waals surface area (Å²) in [5.41, 5.74) is 4.76. The highest BCUT2D eigenvalue weighted by Gasteiger charge is 2.21. The highest BCUT2D eigenvalue weighted by atomic mass is 35.5. The molecule has 1 aliphatic rings. The van der Waals surface area contributed by atoms with Gasteiger partial charge in [-0.15, -0.1) is 12.4 Å². The smallest absolute Gasteiger partial charge is 0.0725 e. The lowest BCUT2D eigenvalue weighted by Crippen LogP contribution is -2.22. The molecule has 3 rings (SSSR count). The lowest BCUT2D eigenvalue weighted by Gasteiger charge is -2.23. The van der Waals surface area contributed by atoms with Gasteiger partial charge in [-0.1, -0.05) is 54.6 Å². The Labute approximate surface area is 125 Å². The third-order valence-corrected chi connectivity index (χ3v) is 3.55. The van der Waals surface area contributed by atoms with Crippen LogP contribution in [0.2, 0.25) is 0 Å². The van der Waals surface area contributed by atoms with Crippen molar-refractivity contribution in [2.24, 2.45) is 4.99 Å². The molecular formula is C17H18ClNO. The molecule has 0 bridgehead atoms. The van der Waals surface area contributed by atoms with Crippen LogP contribution in [0.15, 0.2) is 59.6 Å². The molecule has 3 heteroatoms. The van der Waals surface area contributed by atoms with Crippen molar-refractivity contribution < 1.29 is 5.11 Å². The standard InChI is InChI=1S/C17H17NO.ClH/c19-11-10-15-12-14-8-4-5-9-16(14)17(18-15)13-6-2-1-3-7-13;/h1-9,15,19H,10-12H2;1H. The Morgan fingerprint density at radius 3 is 2.45 bits per heavy atom. The van der Waals surface area contributed by atoms with Crippen molar-refractivity contribution in [1.82, 2.24) is 0 Å². The van der Waals surface area contributed by atoms with E-state index >= 15 is 0 Å². The van der Waals surface area contributed by atoms with Crippen molar-refractivity contribution >= 4 is 18.1 Å². The summed E-state index contributed by atoms with van der Waals surface area (Å²) in [4.78, 5) is 4.84. The van der Waals surface area contributed by atoms with Crippen LogP contribution in [-0.2, 0) is 6.42 Å². The zero-order valence-corrected chi connectivity index (χ0v) is 12.0. The van der Waals surface area contributed by atoms with E-state index in [-0.39, 0.29) is 25.1 Å². The molecule has 1 aliphatic heterocycles. The second kappa shape index (κ2) is 6.69. The fraction of sp³-hybridized carbons (Fsp3) is 0.235. The minimum Gasteiger partial charge on any atom is -0.396 e. The molecule has 1 heterocycles. The van der Waals surface area contributed by atoms with Gasteiger partial charge in [0.05, 0.1) is 11.8 Å². The van der Waals surface area contributed by atoms with E-state index < -0.39 is 0 Å². The van der Waals surface area contributed by atoms with Gasteiger partial charge in [-0.2, -0.15) is 0 Å². The first-order valence-corrected chi connectivity index (χ1v) is 6.71. The molecule has 0 saturated carbocycles. The van der Waals surface area contributed by atoms with E-state index in [2.05, 4.69) is 36.4 Å². The Hall–Kier alpha value is -1.64. The molecule has 0 radical (unpaired) electrons. The number of halogens is 1. The predicted octanol–water partition coefficient (Wildman–Crippen LogP) is 3.25. The minimum absolute atomic E-state index is 0. The van der Waals surface area contributed by atoms with Gasteiger partial charge < -0.3 is 5.11 Å². The molecule has 2 aromatic carbocycles. The number of hydrogen-bond acceptors (Lipinski definition) is 2. The topological polar surface area (TPSA) is 32.6 Å². The molecular weight excluding hydrogens is 270 g/mol. The zero-order valence-electron chi connectivity index (χ0n) is 11.2. The molecule has 2 aromatic rings. The second-order valence-electron chi connectivity index (χ2n) is 4.87. The number of fused-ring (bicyclic) bond motifs is 1. The van der Waals surface area contributed by atoms with Gasteiger partial charge in [0.25, 0.3) is 0 Å². The summed E-state index contributed by atoms with van der Waals surface area (Å²) in [6, 6.07) is 18.9. The van der Waals surface area contributed by atoms with Crippen molar-refractivity contribution in [3.8, 4) is 0 Å². The summed E-state index contributed by atoms with van der Waals surface area (Å²) in [6.45, 7) is 0.193. The van der Waals surface area contributed by atoms with Gasteiger partial charge in [0.1, 0.15) is 0 Å². The highest BCUT2D eigenvalue weighted by Crippen LogP contribution is 2.24. The lowest BCUT2D eigenvalue weighted by molar-refractivity contribution is 0.275. The van der Waals surface area contributed by atoms with Gasteiger partial charge in [0.15, 0.2) is 0 Å². The van der Waals surface area contributed by atoms with Gasteiger partial charge in [0.2, 0.25) is 0 Å². The number of rotatable bonds is 3. The Morgan fingerprint density at radius 1 is 1.00 bits per heavy atom. The van der Waals surface area contributed by atoms with Gasteiger partial charge in [0, 0.05) is 17.7 Å². The van der Waals surface area contributed by atoms with Crippen LogP contribution >= 0.6 is 12.4 Å². The summed E-state index contributed by atoms with van der Waals surface area (Å²) in [6.07, 6.45) is 1.65. The fourth-order valence-corrected chi connectivity index (χ4v) is 2.62. The van der Waals surface area contributed by atoms with E-state index in [1.54, 1.807) is 0 Å². The van der Waals surface area contributed by atoms with Gasteiger partial charge in [-0.3, -0.25) is 4.99 Å². The first-order valence-electron chi connectivity index (χ1n) is 6.71. The van der Waals surface area contributed by atoms with Crippen LogP contribution in [0.3, 0.4) is 0 Å². The number of aliphatic imine (C=N–C) groups is 1. The zero-order chi connectivity index (χ0) is 13.1. The predicted molar refractivity (Wildman–Crippen MR) is 85.0 cm³/mol. The highest BCUT2D eigenvalue weighted by molar-refractivity contribution is 6.14. The quantitative estimate of drug-likeness (QED) is 0.923. The third kappa shape index (κ3) is 2.92. The molecule has 0 amide bonds. The Kier molecular flexibility index (Phi) is 4.94. The molecule has 1 unspecified atom stereocenters. The van der Waals surface area contributed by atoms with E-state index in [9.17, 15) is 0 Å². The maximum atomic E-state index is 9.15. The molecule has 0 aliphatic carbocycles. The van der Waals surface area contributed by atoms with Crippen molar-refractivity contribution in [2.75, 3.05) is 6.61 Å². The Bertz CT molecular complexity index is 595.